The Morgan fingerprint density at radius 3 is 2.57 bits per heavy atom. The molecular weight excluding hydrogens is 419 g/mol. The Labute approximate surface area is 177 Å². The molecule has 0 unspecified atom stereocenters. The number of hydrogen-bond acceptors (Lipinski definition) is 5. The summed E-state index contributed by atoms with van der Waals surface area (Å²) < 4.78 is 12.0. The van der Waals surface area contributed by atoms with Crippen molar-refractivity contribution in [3.63, 3.8) is 0 Å². The molecule has 3 aromatic rings. The molecule has 0 bridgehead atoms. The first-order chi connectivity index (χ1) is 13.5. The maximum atomic E-state index is 12.6. The summed E-state index contributed by atoms with van der Waals surface area (Å²) in [4.78, 5) is 17.0. The topological polar surface area (TPSA) is 60.5 Å². The third-order valence-corrected chi connectivity index (χ3v) is 5.39. The number of amides is 1. The van der Waals surface area contributed by atoms with E-state index in [9.17, 15) is 4.79 Å². The zero-order valence-corrected chi connectivity index (χ0v) is 17.9. The third-order valence-electron chi connectivity index (χ3n) is 3.90. The Morgan fingerprint density at radius 1 is 1.14 bits per heavy atom. The average molecular weight is 439 g/mol. The lowest BCUT2D eigenvalue weighted by molar-refractivity contribution is 0.102. The van der Waals surface area contributed by atoms with Gasteiger partial charge in [0, 0.05) is 5.56 Å². The van der Waals surface area contributed by atoms with Crippen LogP contribution in [0.25, 0.3) is 10.2 Å². The summed E-state index contributed by atoms with van der Waals surface area (Å²) in [6, 6.07) is 8.72. The second-order valence-corrected chi connectivity index (χ2v) is 7.85. The molecular formula is C20H20Cl2N2O3S. The third kappa shape index (κ3) is 4.87. The van der Waals surface area contributed by atoms with E-state index < -0.39 is 0 Å². The van der Waals surface area contributed by atoms with Gasteiger partial charge in [0.2, 0.25) is 0 Å². The number of rotatable bonds is 8. The highest BCUT2D eigenvalue weighted by Crippen LogP contribution is 2.35. The van der Waals surface area contributed by atoms with Crippen LogP contribution in [0.3, 0.4) is 0 Å². The number of anilines is 1. The maximum absolute atomic E-state index is 12.6. The van der Waals surface area contributed by atoms with E-state index in [2.05, 4.69) is 17.2 Å². The number of halogens is 2. The minimum atomic E-state index is -0.340. The summed E-state index contributed by atoms with van der Waals surface area (Å²) in [6.45, 7) is 5.11. The Bertz CT molecular complexity index is 968. The van der Waals surface area contributed by atoms with Crippen LogP contribution in [0.15, 0.2) is 30.3 Å². The van der Waals surface area contributed by atoms with Gasteiger partial charge in [0.1, 0.15) is 5.75 Å². The minimum absolute atomic E-state index is 0.305. The zero-order valence-electron chi connectivity index (χ0n) is 15.6. The van der Waals surface area contributed by atoms with Crippen molar-refractivity contribution >= 4 is 55.8 Å². The molecule has 0 atom stereocenters. The number of thiazole rings is 1. The molecule has 0 spiro atoms. The second kappa shape index (κ2) is 9.45. The molecule has 3 rings (SSSR count). The molecule has 0 radical (unpaired) electrons. The van der Waals surface area contributed by atoms with Crippen molar-refractivity contribution in [2.75, 3.05) is 18.5 Å². The van der Waals surface area contributed by atoms with E-state index in [-0.39, 0.29) is 5.91 Å². The van der Waals surface area contributed by atoms with Gasteiger partial charge in [0.15, 0.2) is 10.9 Å². The largest absolute Gasteiger partial charge is 0.494 e. The lowest BCUT2D eigenvalue weighted by Crippen LogP contribution is -2.12. The molecule has 0 aliphatic carbocycles. The summed E-state index contributed by atoms with van der Waals surface area (Å²) >= 11 is 13.9. The quantitative estimate of drug-likeness (QED) is 0.411. The summed E-state index contributed by atoms with van der Waals surface area (Å²) in [5, 5.41) is 3.89. The van der Waals surface area contributed by atoms with Gasteiger partial charge in [0.05, 0.1) is 33.5 Å². The number of carbonyl (C=O) groups excluding carboxylic acids is 1. The van der Waals surface area contributed by atoms with E-state index >= 15 is 0 Å². The van der Waals surface area contributed by atoms with Gasteiger partial charge in [0.25, 0.3) is 5.91 Å². The maximum Gasteiger partial charge on any atom is 0.257 e. The smallest absolute Gasteiger partial charge is 0.257 e. The van der Waals surface area contributed by atoms with E-state index in [0.717, 1.165) is 28.8 Å². The number of aromatic nitrogens is 1. The number of unbranched alkanes of at least 4 members (excludes halogenated alkanes) is 1. The van der Waals surface area contributed by atoms with Crippen LogP contribution >= 0.6 is 34.5 Å². The summed E-state index contributed by atoms with van der Waals surface area (Å²) in [7, 11) is 0. The van der Waals surface area contributed by atoms with Crippen molar-refractivity contribution in [2.24, 2.45) is 0 Å². The molecule has 0 aliphatic rings. The highest BCUT2D eigenvalue weighted by Gasteiger charge is 2.16. The molecule has 8 heteroatoms. The molecule has 0 saturated carbocycles. The lowest BCUT2D eigenvalue weighted by atomic mass is 10.2. The monoisotopic (exact) mass is 438 g/mol. The SMILES string of the molecule is CCCCOc1c(Cl)cc(C(=O)Nc2nc3ccc(OCC)cc3s2)cc1Cl. The lowest BCUT2D eigenvalue weighted by Gasteiger charge is -2.11. The summed E-state index contributed by atoms with van der Waals surface area (Å²) in [6.07, 6.45) is 1.90. The van der Waals surface area contributed by atoms with Crippen LogP contribution in [0.1, 0.15) is 37.0 Å². The Hall–Kier alpha value is -2.02. The molecule has 5 nitrogen and oxygen atoms in total. The predicted octanol–water partition coefficient (Wildman–Crippen LogP) is 6.43. The number of carbonyl (C=O) groups is 1. The van der Waals surface area contributed by atoms with E-state index in [1.165, 1.54) is 11.3 Å². The van der Waals surface area contributed by atoms with Gasteiger partial charge in [-0.15, -0.1) is 0 Å². The molecule has 0 saturated heterocycles. The van der Waals surface area contributed by atoms with Crippen molar-refractivity contribution in [3.8, 4) is 11.5 Å². The van der Waals surface area contributed by atoms with Crippen LogP contribution < -0.4 is 14.8 Å². The molecule has 0 aliphatic heterocycles. The van der Waals surface area contributed by atoms with Crippen molar-refractivity contribution in [1.29, 1.82) is 0 Å². The predicted molar refractivity (Wildman–Crippen MR) is 116 cm³/mol. The van der Waals surface area contributed by atoms with Gasteiger partial charge < -0.3 is 9.47 Å². The van der Waals surface area contributed by atoms with Crippen molar-refractivity contribution in [2.45, 2.75) is 26.7 Å². The van der Waals surface area contributed by atoms with E-state index in [4.69, 9.17) is 32.7 Å². The van der Waals surface area contributed by atoms with Crippen LogP contribution in [0.2, 0.25) is 10.0 Å². The van der Waals surface area contributed by atoms with E-state index in [1.807, 2.05) is 25.1 Å². The van der Waals surface area contributed by atoms with Crippen molar-refractivity contribution in [3.05, 3.63) is 45.9 Å². The van der Waals surface area contributed by atoms with Crippen LogP contribution in [0.5, 0.6) is 11.5 Å². The molecule has 148 valence electrons. The Kier molecular flexibility index (Phi) is 6.99. The molecule has 0 fully saturated rings. The second-order valence-electron chi connectivity index (χ2n) is 6.01. The molecule has 1 N–H and O–H groups in total. The van der Waals surface area contributed by atoms with Crippen molar-refractivity contribution < 1.29 is 14.3 Å². The van der Waals surface area contributed by atoms with Crippen LogP contribution in [-0.2, 0) is 0 Å². The number of nitrogens with one attached hydrogen (secondary N) is 1. The standard InChI is InChI=1S/C20H20Cl2N2O3S/c1-3-5-8-27-18-14(21)9-12(10-15(18)22)19(25)24-20-23-16-7-6-13(26-4-2)11-17(16)28-20/h6-7,9-11H,3-5,8H2,1-2H3,(H,23,24,25). The van der Waals surface area contributed by atoms with Crippen LogP contribution in [-0.4, -0.2) is 24.1 Å². The van der Waals surface area contributed by atoms with Gasteiger partial charge in [-0.25, -0.2) is 4.98 Å². The summed E-state index contributed by atoms with van der Waals surface area (Å²) in [5.74, 6) is 0.832. The first kappa shape index (κ1) is 20.7. The summed E-state index contributed by atoms with van der Waals surface area (Å²) in [5.41, 5.74) is 1.13. The van der Waals surface area contributed by atoms with E-state index in [0.29, 0.717) is 39.7 Å². The number of fused-ring (bicyclic) bond motifs is 1. The molecule has 1 heterocycles. The highest BCUT2D eigenvalue weighted by molar-refractivity contribution is 7.22. The van der Waals surface area contributed by atoms with Gasteiger partial charge in [-0.2, -0.15) is 0 Å². The molecule has 2 aromatic carbocycles. The normalized spacial score (nSPS) is 10.9. The van der Waals surface area contributed by atoms with Crippen LogP contribution in [0.4, 0.5) is 5.13 Å². The number of ether oxygens (including phenoxy) is 2. The average Bonchev–Trinajstić information content (AvgIpc) is 3.05. The molecule has 1 aromatic heterocycles. The zero-order chi connectivity index (χ0) is 20.1. The molecule has 1 amide bonds. The van der Waals surface area contributed by atoms with E-state index in [1.54, 1.807) is 12.1 Å². The highest BCUT2D eigenvalue weighted by atomic mass is 35.5. The minimum Gasteiger partial charge on any atom is -0.494 e. The number of hydrogen-bond donors (Lipinski definition) is 1. The fourth-order valence-electron chi connectivity index (χ4n) is 2.53. The van der Waals surface area contributed by atoms with Gasteiger partial charge in [-0.05, 0) is 43.7 Å². The first-order valence-electron chi connectivity index (χ1n) is 8.98. The first-order valence-corrected chi connectivity index (χ1v) is 10.6. The fraction of sp³-hybridized carbons (Fsp3) is 0.300. The number of benzene rings is 2. The van der Waals surface area contributed by atoms with Gasteiger partial charge >= 0.3 is 0 Å². The van der Waals surface area contributed by atoms with Gasteiger partial charge in [-0.3, -0.25) is 10.1 Å². The fourth-order valence-corrected chi connectivity index (χ4v) is 4.02. The van der Waals surface area contributed by atoms with Crippen LogP contribution in [0, 0.1) is 0 Å². The molecule has 28 heavy (non-hydrogen) atoms. The Morgan fingerprint density at radius 2 is 1.89 bits per heavy atom. The number of nitrogens with zero attached hydrogens (tertiary/aromatic N) is 1. The van der Waals surface area contributed by atoms with Gasteiger partial charge in [-0.1, -0.05) is 47.9 Å². The Balaban J connectivity index is 1.76. The van der Waals surface area contributed by atoms with Crippen molar-refractivity contribution in [1.82, 2.24) is 4.98 Å².